The summed E-state index contributed by atoms with van der Waals surface area (Å²) in [5, 5.41) is 14.8. The third-order valence-electron chi connectivity index (χ3n) is 7.33. The maximum Gasteiger partial charge on any atom is 0.435 e. The summed E-state index contributed by atoms with van der Waals surface area (Å²) in [6.07, 6.45) is 4.83. The van der Waals surface area contributed by atoms with E-state index in [2.05, 4.69) is 15.1 Å². The molecule has 0 bridgehead atoms. The largest absolute Gasteiger partial charge is 0.495 e. The molecule has 0 radical (unpaired) electrons. The first kappa shape index (κ1) is 26.2. The fourth-order valence-corrected chi connectivity index (χ4v) is 5.43. The molecule has 0 saturated carbocycles. The number of nitrogens with zero attached hydrogens (tertiary/aromatic N) is 4. The van der Waals surface area contributed by atoms with Crippen molar-refractivity contribution in [3.8, 4) is 22.9 Å². The lowest BCUT2D eigenvalue weighted by molar-refractivity contribution is 0.0387. The Morgan fingerprint density at radius 1 is 1.18 bits per heavy atom. The van der Waals surface area contributed by atoms with Crippen LogP contribution in [-0.4, -0.2) is 69.1 Å². The van der Waals surface area contributed by atoms with Crippen molar-refractivity contribution in [2.24, 2.45) is 0 Å². The van der Waals surface area contributed by atoms with Gasteiger partial charge in [-0.3, -0.25) is 0 Å². The Morgan fingerprint density at radius 3 is 2.80 bits per heavy atom. The summed E-state index contributed by atoms with van der Waals surface area (Å²) in [5.74, 6) is 0.991. The van der Waals surface area contributed by atoms with Crippen LogP contribution in [0, 0.1) is 0 Å². The van der Waals surface area contributed by atoms with E-state index in [1.54, 1.807) is 31.6 Å². The number of aromatic nitrogens is 4. The topological polar surface area (TPSA) is 118 Å². The highest BCUT2D eigenvalue weighted by Crippen LogP contribution is 2.32. The van der Waals surface area contributed by atoms with Crippen LogP contribution in [0.4, 0.5) is 4.79 Å². The summed E-state index contributed by atoms with van der Waals surface area (Å²) in [5.41, 5.74) is 4.67. The number of hydrogen-bond donors (Lipinski definition) is 1. The summed E-state index contributed by atoms with van der Waals surface area (Å²) in [7, 11) is 1.54. The van der Waals surface area contributed by atoms with E-state index in [0.717, 1.165) is 23.1 Å². The normalized spacial score (nSPS) is 18.6. The van der Waals surface area contributed by atoms with Gasteiger partial charge in [0, 0.05) is 36.7 Å². The van der Waals surface area contributed by atoms with Crippen molar-refractivity contribution in [3.05, 3.63) is 65.5 Å². The number of benzene rings is 1. The van der Waals surface area contributed by atoms with Crippen molar-refractivity contribution in [3.63, 3.8) is 0 Å². The Balaban J connectivity index is 1.27. The average Bonchev–Trinajstić information content (AvgIpc) is 3.67. The van der Waals surface area contributed by atoms with Crippen molar-refractivity contribution >= 4 is 17.1 Å². The second-order valence-corrected chi connectivity index (χ2v) is 10.9. The molecule has 6 rings (SSSR count). The number of hydrogen-bond acceptors (Lipinski definition) is 9. The monoisotopic (exact) mass is 544 g/mol. The molecule has 208 valence electrons. The fraction of sp³-hybridized carbons (Fsp3) is 0.400. The van der Waals surface area contributed by atoms with Gasteiger partial charge in [0.2, 0.25) is 5.88 Å². The number of aliphatic hydroxyl groups is 1. The van der Waals surface area contributed by atoms with Crippen LogP contribution in [0.1, 0.15) is 37.0 Å². The minimum atomic E-state index is -0.838. The van der Waals surface area contributed by atoms with Crippen molar-refractivity contribution in [2.75, 3.05) is 20.3 Å². The summed E-state index contributed by atoms with van der Waals surface area (Å²) in [4.78, 5) is 22.5. The zero-order chi connectivity index (χ0) is 27.9. The standard InChI is InChI=1S/C30H32N4O6/c1-30(2,14-19-6-4-5-18-11-21(35)12-24(18)19)40-29(36)34-25-13-23(37-3)16-32-28(25)27(33-34)20-7-8-26(31-15-20)39-22-9-10-38-17-22/h4-8,13,15-16,21-22,35H,9-12,14,17H2,1-3H3. The number of pyridine rings is 2. The smallest absolute Gasteiger partial charge is 0.435 e. The maximum atomic E-state index is 13.6. The Morgan fingerprint density at radius 2 is 2.05 bits per heavy atom. The third kappa shape index (κ3) is 5.24. The van der Waals surface area contributed by atoms with Gasteiger partial charge in [0.25, 0.3) is 0 Å². The zero-order valence-corrected chi connectivity index (χ0v) is 22.8. The van der Waals surface area contributed by atoms with Gasteiger partial charge in [-0.1, -0.05) is 18.2 Å². The number of rotatable bonds is 7. The van der Waals surface area contributed by atoms with Crippen LogP contribution in [0.15, 0.2) is 48.8 Å². The Labute approximate surface area is 231 Å². The molecule has 2 aliphatic rings. The van der Waals surface area contributed by atoms with Crippen LogP contribution >= 0.6 is 0 Å². The fourth-order valence-electron chi connectivity index (χ4n) is 5.43. The quantitative estimate of drug-likeness (QED) is 0.366. The molecule has 10 nitrogen and oxygen atoms in total. The van der Waals surface area contributed by atoms with E-state index in [0.29, 0.717) is 66.4 Å². The average molecular weight is 545 g/mol. The van der Waals surface area contributed by atoms with Gasteiger partial charge in [-0.05, 0) is 49.4 Å². The molecule has 1 fully saturated rings. The molecule has 1 saturated heterocycles. The van der Waals surface area contributed by atoms with Gasteiger partial charge in [0.15, 0.2) is 0 Å². The lowest BCUT2D eigenvalue weighted by Crippen LogP contribution is -2.33. The minimum Gasteiger partial charge on any atom is -0.495 e. The second-order valence-electron chi connectivity index (χ2n) is 10.9. The van der Waals surface area contributed by atoms with Crippen LogP contribution in [0.2, 0.25) is 0 Å². The van der Waals surface area contributed by atoms with E-state index in [1.807, 2.05) is 38.1 Å². The molecule has 3 aromatic heterocycles. The van der Waals surface area contributed by atoms with E-state index in [1.165, 1.54) is 4.68 Å². The van der Waals surface area contributed by atoms with Crippen LogP contribution in [0.25, 0.3) is 22.3 Å². The second kappa shape index (κ2) is 10.5. The third-order valence-corrected chi connectivity index (χ3v) is 7.33. The molecule has 2 atom stereocenters. The van der Waals surface area contributed by atoms with E-state index >= 15 is 0 Å². The SMILES string of the molecule is COc1cnc2c(-c3ccc(OC4CCOC4)nc3)nn(C(=O)OC(C)(C)Cc3cccc4c3CC(O)C4)c2c1. The molecule has 40 heavy (non-hydrogen) atoms. The predicted molar refractivity (Wildman–Crippen MR) is 147 cm³/mol. The van der Waals surface area contributed by atoms with Crippen molar-refractivity contribution in [1.82, 2.24) is 19.7 Å². The minimum absolute atomic E-state index is 0.00680. The molecular formula is C30H32N4O6. The highest BCUT2D eigenvalue weighted by atomic mass is 16.6. The first-order chi connectivity index (χ1) is 19.3. The van der Waals surface area contributed by atoms with Gasteiger partial charge in [0.1, 0.15) is 34.2 Å². The van der Waals surface area contributed by atoms with E-state index < -0.39 is 11.7 Å². The van der Waals surface area contributed by atoms with Gasteiger partial charge < -0.3 is 24.1 Å². The summed E-state index contributed by atoms with van der Waals surface area (Å²) >= 11 is 0. The van der Waals surface area contributed by atoms with Gasteiger partial charge in [0.05, 0.1) is 32.6 Å². The van der Waals surface area contributed by atoms with Crippen molar-refractivity contribution < 1.29 is 28.8 Å². The number of aliphatic hydroxyl groups excluding tert-OH is 1. The Hall–Kier alpha value is -4.02. The molecule has 1 N–H and O–H groups in total. The number of carbonyl (C=O) groups excluding carboxylic acids is 1. The number of fused-ring (bicyclic) bond motifs is 2. The molecule has 0 spiro atoms. The highest BCUT2D eigenvalue weighted by molar-refractivity contribution is 5.95. The maximum absolute atomic E-state index is 13.6. The number of carbonyl (C=O) groups is 1. The van der Waals surface area contributed by atoms with Crippen molar-refractivity contribution in [1.29, 1.82) is 0 Å². The van der Waals surface area contributed by atoms with Gasteiger partial charge in [-0.25, -0.2) is 14.8 Å². The molecule has 1 aliphatic heterocycles. The molecule has 2 unspecified atom stereocenters. The molecule has 4 heterocycles. The van der Waals surface area contributed by atoms with Crippen LogP contribution in [-0.2, 0) is 28.7 Å². The zero-order valence-electron chi connectivity index (χ0n) is 22.8. The van der Waals surface area contributed by atoms with Crippen molar-refractivity contribution in [2.45, 2.75) is 57.3 Å². The van der Waals surface area contributed by atoms with Gasteiger partial charge in [-0.2, -0.15) is 9.78 Å². The van der Waals surface area contributed by atoms with E-state index in [4.69, 9.17) is 18.9 Å². The first-order valence-electron chi connectivity index (χ1n) is 13.4. The Bertz CT molecular complexity index is 1540. The summed E-state index contributed by atoms with van der Waals surface area (Å²) < 4.78 is 23.9. The summed E-state index contributed by atoms with van der Waals surface area (Å²) in [6.45, 7) is 4.99. The Kier molecular flexibility index (Phi) is 6.89. The van der Waals surface area contributed by atoms with Crippen LogP contribution in [0.5, 0.6) is 11.6 Å². The van der Waals surface area contributed by atoms with E-state index in [-0.39, 0.29) is 12.2 Å². The number of methoxy groups -OCH3 is 1. The summed E-state index contributed by atoms with van der Waals surface area (Å²) in [6, 6.07) is 11.4. The van der Waals surface area contributed by atoms with Crippen LogP contribution < -0.4 is 9.47 Å². The van der Waals surface area contributed by atoms with Crippen LogP contribution in [0.3, 0.4) is 0 Å². The lowest BCUT2D eigenvalue weighted by Gasteiger charge is -2.26. The molecule has 1 aliphatic carbocycles. The lowest BCUT2D eigenvalue weighted by atomic mass is 9.93. The van der Waals surface area contributed by atoms with E-state index in [9.17, 15) is 9.90 Å². The van der Waals surface area contributed by atoms with Gasteiger partial charge >= 0.3 is 6.09 Å². The molecule has 4 aromatic rings. The molecule has 0 amide bonds. The molecule has 1 aromatic carbocycles. The first-order valence-corrected chi connectivity index (χ1v) is 13.4. The molecular weight excluding hydrogens is 512 g/mol. The predicted octanol–water partition coefficient (Wildman–Crippen LogP) is 4.14. The molecule has 10 heteroatoms. The number of ether oxygens (including phenoxy) is 4. The highest BCUT2D eigenvalue weighted by Gasteiger charge is 2.30. The van der Waals surface area contributed by atoms with Gasteiger partial charge in [-0.15, -0.1) is 0 Å².